The first-order valence-electron chi connectivity index (χ1n) is 3.82. The van der Waals surface area contributed by atoms with E-state index in [0.29, 0.717) is 0 Å². The SMILES string of the molecule is O=S(=O)(NC(CO)CO)c1cnc[nH]1. The van der Waals surface area contributed by atoms with E-state index in [-0.39, 0.29) is 5.03 Å². The minimum Gasteiger partial charge on any atom is -0.395 e. The number of aliphatic hydroxyl groups excluding tert-OH is 2. The zero-order chi connectivity index (χ0) is 10.6. The number of sulfonamides is 1. The number of nitrogens with zero attached hydrogens (tertiary/aromatic N) is 1. The summed E-state index contributed by atoms with van der Waals surface area (Å²) < 4.78 is 24.9. The molecular formula is C6H11N3O4S. The quantitative estimate of drug-likeness (QED) is 0.461. The first-order chi connectivity index (χ1) is 6.60. The van der Waals surface area contributed by atoms with Crippen molar-refractivity contribution in [2.24, 2.45) is 0 Å². The lowest BCUT2D eigenvalue weighted by Crippen LogP contribution is -2.40. The molecule has 0 aliphatic carbocycles. The summed E-state index contributed by atoms with van der Waals surface area (Å²) >= 11 is 0. The molecule has 0 unspecified atom stereocenters. The van der Waals surface area contributed by atoms with Crippen LogP contribution < -0.4 is 4.72 Å². The molecular weight excluding hydrogens is 210 g/mol. The van der Waals surface area contributed by atoms with Gasteiger partial charge in [-0.25, -0.2) is 18.1 Å². The largest absolute Gasteiger partial charge is 0.395 e. The molecule has 0 aliphatic rings. The number of rotatable bonds is 5. The second-order valence-electron chi connectivity index (χ2n) is 2.60. The number of nitrogens with one attached hydrogen (secondary N) is 2. The highest BCUT2D eigenvalue weighted by Crippen LogP contribution is 2.02. The Morgan fingerprint density at radius 1 is 1.50 bits per heavy atom. The lowest BCUT2D eigenvalue weighted by Gasteiger charge is -2.11. The van der Waals surface area contributed by atoms with Crippen LogP contribution in [0.4, 0.5) is 0 Å². The van der Waals surface area contributed by atoms with E-state index in [4.69, 9.17) is 10.2 Å². The molecule has 7 nitrogen and oxygen atoms in total. The average Bonchev–Trinajstić information content (AvgIpc) is 2.67. The summed E-state index contributed by atoms with van der Waals surface area (Å²) in [4.78, 5) is 5.95. The standard InChI is InChI=1S/C6H11N3O4S/c10-2-5(3-11)9-14(12,13)6-1-7-4-8-6/h1,4-5,9-11H,2-3H2,(H,7,8). The fourth-order valence-electron chi connectivity index (χ4n) is 0.805. The van der Waals surface area contributed by atoms with Crippen molar-refractivity contribution in [1.29, 1.82) is 0 Å². The average molecular weight is 221 g/mol. The van der Waals surface area contributed by atoms with Crippen molar-refractivity contribution in [2.45, 2.75) is 11.1 Å². The smallest absolute Gasteiger partial charge is 0.258 e. The zero-order valence-electron chi connectivity index (χ0n) is 7.21. The van der Waals surface area contributed by atoms with Crippen molar-refractivity contribution in [3.8, 4) is 0 Å². The first kappa shape index (κ1) is 11.1. The van der Waals surface area contributed by atoms with E-state index in [2.05, 4.69) is 14.7 Å². The molecule has 0 spiro atoms. The Labute approximate surface area is 80.9 Å². The molecule has 4 N–H and O–H groups in total. The van der Waals surface area contributed by atoms with E-state index in [1.807, 2.05) is 0 Å². The number of hydrogen-bond donors (Lipinski definition) is 4. The van der Waals surface area contributed by atoms with Gasteiger partial charge in [-0.3, -0.25) is 0 Å². The highest BCUT2D eigenvalue weighted by Gasteiger charge is 2.19. The second-order valence-corrected chi connectivity index (χ2v) is 4.28. The Morgan fingerprint density at radius 3 is 2.57 bits per heavy atom. The van der Waals surface area contributed by atoms with Crippen LogP contribution in [0.1, 0.15) is 0 Å². The third-order valence-electron chi connectivity index (χ3n) is 1.53. The summed E-state index contributed by atoms with van der Waals surface area (Å²) in [5, 5.41) is 17.2. The number of aliphatic hydroxyl groups is 2. The van der Waals surface area contributed by atoms with Gasteiger partial charge in [0.05, 0.1) is 31.8 Å². The fraction of sp³-hybridized carbons (Fsp3) is 0.500. The van der Waals surface area contributed by atoms with Gasteiger partial charge in [-0.15, -0.1) is 0 Å². The van der Waals surface area contributed by atoms with E-state index in [1.165, 1.54) is 6.33 Å². The molecule has 0 fully saturated rings. The Kier molecular flexibility index (Phi) is 3.58. The van der Waals surface area contributed by atoms with Crippen molar-refractivity contribution < 1.29 is 18.6 Å². The molecule has 1 aromatic rings. The lowest BCUT2D eigenvalue weighted by atomic mass is 10.4. The highest BCUT2D eigenvalue weighted by atomic mass is 32.2. The van der Waals surface area contributed by atoms with Gasteiger partial charge in [-0.1, -0.05) is 0 Å². The number of aromatic amines is 1. The molecule has 0 amide bonds. The predicted molar refractivity (Wildman–Crippen MR) is 46.9 cm³/mol. The van der Waals surface area contributed by atoms with E-state index >= 15 is 0 Å². The highest BCUT2D eigenvalue weighted by molar-refractivity contribution is 7.89. The number of hydrogen-bond acceptors (Lipinski definition) is 5. The molecule has 0 saturated carbocycles. The normalized spacial score (nSPS) is 12.2. The maximum absolute atomic E-state index is 11.4. The van der Waals surface area contributed by atoms with Gasteiger partial charge < -0.3 is 15.2 Å². The molecule has 0 saturated heterocycles. The Hall–Kier alpha value is -0.960. The van der Waals surface area contributed by atoms with Crippen LogP contribution in [0.15, 0.2) is 17.6 Å². The molecule has 0 aromatic carbocycles. The number of H-pyrrole nitrogens is 1. The Balaban J connectivity index is 2.77. The summed E-state index contributed by atoms with van der Waals surface area (Å²) in [5.74, 6) is 0. The molecule has 1 heterocycles. The Morgan fingerprint density at radius 2 is 2.14 bits per heavy atom. The molecule has 0 aliphatic heterocycles. The minimum atomic E-state index is -3.73. The van der Waals surface area contributed by atoms with E-state index in [9.17, 15) is 8.42 Å². The van der Waals surface area contributed by atoms with E-state index in [0.717, 1.165) is 6.20 Å². The molecule has 8 heteroatoms. The van der Waals surface area contributed by atoms with Gasteiger partial charge in [-0.05, 0) is 0 Å². The lowest BCUT2D eigenvalue weighted by molar-refractivity contribution is 0.185. The number of imidazole rings is 1. The number of aromatic nitrogens is 2. The van der Waals surface area contributed by atoms with E-state index in [1.54, 1.807) is 0 Å². The third-order valence-corrected chi connectivity index (χ3v) is 2.97. The van der Waals surface area contributed by atoms with Gasteiger partial charge in [0, 0.05) is 0 Å². The van der Waals surface area contributed by atoms with Gasteiger partial charge >= 0.3 is 0 Å². The topological polar surface area (TPSA) is 115 Å². The van der Waals surface area contributed by atoms with Gasteiger partial charge in [0.2, 0.25) is 0 Å². The minimum absolute atomic E-state index is 0.107. The van der Waals surface area contributed by atoms with Crippen molar-refractivity contribution in [2.75, 3.05) is 13.2 Å². The van der Waals surface area contributed by atoms with Gasteiger partial charge in [0.15, 0.2) is 5.03 Å². The molecule has 80 valence electrons. The van der Waals surface area contributed by atoms with E-state index < -0.39 is 29.3 Å². The summed E-state index contributed by atoms with van der Waals surface area (Å²) in [6, 6.07) is -0.900. The molecule has 0 atom stereocenters. The van der Waals surface area contributed by atoms with Crippen LogP contribution >= 0.6 is 0 Å². The molecule has 1 rings (SSSR count). The van der Waals surface area contributed by atoms with Crippen molar-refractivity contribution >= 4 is 10.0 Å². The van der Waals surface area contributed by atoms with Gasteiger partial charge in [-0.2, -0.15) is 0 Å². The van der Waals surface area contributed by atoms with Crippen LogP contribution in [0, 0.1) is 0 Å². The molecule has 1 aromatic heterocycles. The van der Waals surface area contributed by atoms with Crippen LogP contribution in [-0.2, 0) is 10.0 Å². The van der Waals surface area contributed by atoms with Crippen LogP contribution in [0.25, 0.3) is 0 Å². The second kappa shape index (κ2) is 4.51. The van der Waals surface area contributed by atoms with Crippen LogP contribution in [0.3, 0.4) is 0 Å². The van der Waals surface area contributed by atoms with Crippen LogP contribution in [0.5, 0.6) is 0 Å². The maximum Gasteiger partial charge on any atom is 0.258 e. The van der Waals surface area contributed by atoms with Crippen LogP contribution in [-0.4, -0.2) is 47.9 Å². The summed E-state index contributed by atoms with van der Waals surface area (Å²) in [6.07, 6.45) is 2.36. The predicted octanol–water partition coefficient (Wildman–Crippen LogP) is -1.96. The maximum atomic E-state index is 11.4. The van der Waals surface area contributed by atoms with Crippen LogP contribution in [0.2, 0.25) is 0 Å². The zero-order valence-corrected chi connectivity index (χ0v) is 8.03. The van der Waals surface area contributed by atoms with Gasteiger partial charge in [0.1, 0.15) is 0 Å². The fourth-order valence-corrected chi connectivity index (χ4v) is 1.93. The summed E-state index contributed by atoms with van der Waals surface area (Å²) in [7, 11) is -3.73. The monoisotopic (exact) mass is 221 g/mol. The molecule has 0 bridgehead atoms. The van der Waals surface area contributed by atoms with Crippen molar-refractivity contribution in [3.05, 3.63) is 12.5 Å². The third kappa shape index (κ3) is 2.51. The summed E-state index contributed by atoms with van der Waals surface area (Å²) in [6.45, 7) is -0.937. The molecule has 14 heavy (non-hydrogen) atoms. The summed E-state index contributed by atoms with van der Waals surface area (Å²) in [5.41, 5.74) is 0. The van der Waals surface area contributed by atoms with Crippen molar-refractivity contribution in [1.82, 2.24) is 14.7 Å². The van der Waals surface area contributed by atoms with Crippen molar-refractivity contribution in [3.63, 3.8) is 0 Å². The Bertz CT molecular complexity index is 356. The molecule has 0 radical (unpaired) electrons. The first-order valence-corrected chi connectivity index (χ1v) is 5.31. The van der Waals surface area contributed by atoms with Gasteiger partial charge in [0.25, 0.3) is 10.0 Å².